The molecule has 0 aliphatic heterocycles. The highest BCUT2D eigenvalue weighted by atomic mass is 32.1. The fourth-order valence-electron chi connectivity index (χ4n) is 3.15. The van der Waals surface area contributed by atoms with Crippen molar-refractivity contribution < 1.29 is 9.47 Å². The maximum Gasteiger partial charge on any atom is 0.195 e. The van der Waals surface area contributed by atoms with Gasteiger partial charge in [0.05, 0.1) is 24.2 Å². The highest BCUT2D eigenvalue weighted by molar-refractivity contribution is 7.12. The molecule has 2 aromatic carbocycles. The van der Waals surface area contributed by atoms with Crippen LogP contribution < -0.4 is 9.47 Å². The van der Waals surface area contributed by atoms with Gasteiger partial charge in [0, 0.05) is 17.1 Å². The number of para-hydroxylation sites is 3. The largest absolute Gasteiger partial charge is 0.493 e. The van der Waals surface area contributed by atoms with Crippen LogP contribution in [0.1, 0.15) is 24.2 Å². The van der Waals surface area contributed by atoms with Crippen molar-refractivity contribution in [1.82, 2.24) is 14.5 Å². The molecule has 1 aliphatic carbocycles. The first-order chi connectivity index (χ1) is 13.8. The van der Waals surface area contributed by atoms with Crippen molar-refractivity contribution in [3.05, 3.63) is 65.4 Å². The first-order valence-corrected chi connectivity index (χ1v) is 10.1. The second kappa shape index (κ2) is 7.13. The van der Waals surface area contributed by atoms with Gasteiger partial charge in [-0.3, -0.25) is 4.57 Å². The number of thiazole rings is 1. The molecule has 1 fully saturated rings. The molecule has 5 nitrogen and oxygen atoms in total. The van der Waals surface area contributed by atoms with Crippen molar-refractivity contribution in [3.8, 4) is 16.6 Å². The Bertz CT molecular complexity index is 1140. The van der Waals surface area contributed by atoms with Gasteiger partial charge in [0.25, 0.3) is 0 Å². The lowest BCUT2D eigenvalue weighted by molar-refractivity contribution is 0.281. The SMILES string of the molecule is COc1cccc(C=Cc2nc3ccccc3n2-c2nccs2)c1OC1CC1. The third-order valence-corrected chi connectivity index (χ3v) is 5.40. The number of nitrogens with zero attached hydrogens (tertiary/aromatic N) is 3. The molecule has 140 valence electrons. The Hall–Kier alpha value is -3.12. The topological polar surface area (TPSA) is 49.2 Å². The van der Waals surface area contributed by atoms with Crippen molar-refractivity contribution in [2.24, 2.45) is 0 Å². The molecule has 0 atom stereocenters. The number of hydrogen-bond donors (Lipinski definition) is 0. The summed E-state index contributed by atoms with van der Waals surface area (Å²) in [6.07, 6.45) is 8.35. The zero-order valence-corrected chi connectivity index (χ0v) is 16.2. The van der Waals surface area contributed by atoms with Crippen molar-refractivity contribution in [2.75, 3.05) is 7.11 Å². The third-order valence-electron chi connectivity index (χ3n) is 4.65. The summed E-state index contributed by atoms with van der Waals surface area (Å²) in [7, 11) is 1.67. The van der Waals surface area contributed by atoms with Gasteiger partial charge in [-0.1, -0.05) is 24.3 Å². The number of aromatic nitrogens is 3. The fraction of sp³-hybridized carbons (Fsp3) is 0.182. The highest BCUT2D eigenvalue weighted by Gasteiger charge is 2.26. The molecule has 0 spiro atoms. The lowest BCUT2D eigenvalue weighted by Gasteiger charge is -2.12. The van der Waals surface area contributed by atoms with Gasteiger partial charge >= 0.3 is 0 Å². The molecular formula is C22H19N3O2S. The van der Waals surface area contributed by atoms with Crippen LogP contribution in [-0.2, 0) is 0 Å². The van der Waals surface area contributed by atoms with E-state index in [1.54, 1.807) is 18.4 Å². The van der Waals surface area contributed by atoms with Crippen LogP contribution in [0.3, 0.4) is 0 Å². The average Bonchev–Trinajstić information content (AvgIpc) is 3.24. The van der Waals surface area contributed by atoms with E-state index in [4.69, 9.17) is 14.5 Å². The molecule has 5 rings (SSSR count). The van der Waals surface area contributed by atoms with Crippen molar-refractivity contribution in [1.29, 1.82) is 0 Å². The standard InChI is InChI=1S/C22H19N3O2S/c1-26-19-8-4-5-15(21(19)27-16-10-11-16)9-12-20-24-17-6-2-3-7-18(17)25(20)22-23-13-14-28-22/h2-9,12-14,16H,10-11H2,1H3. The molecular weight excluding hydrogens is 370 g/mol. The van der Waals surface area contributed by atoms with Gasteiger partial charge in [-0.2, -0.15) is 0 Å². The second-order valence-electron chi connectivity index (χ2n) is 6.64. The summed E-state index contributed by atoms with van der Waals surface area (Å²) in [4.78, 5) is 9.28. The molecule has 0 bridgehead atoms. The molecule has 0 unspecified atom stereocenters. The van der Waals surface area contributed by atoms with Gasteiger partial charge < -0.3 is 9.47 Å². The summed E-state index contributed by atoms with van der Waals surface area (Å²) in [5.41, 5.74) is 2.96. The number of imidazole rings is 1. The molecule has 0 N–H and O–H groups in total. The monoisotopic (exact) mass is 389 g/mol. The molecule has 4 aromatic rings. The van der Waals surface area contributed by atoms with E-state index >= 15 is 0 Å². The Labute approximate surface area is 166 Å². The van der Waals surface area contributed by atoms with Gasteiger partial charge in [-0.05, 0) is 43.2 Å². The Balaban J connectivity index is 1.59. The zero-order chi connectivity index (χ0) is 18.9. The first kappa shape index (κ1) is 17.0. The number of methoxy groups -OCH3 is 1. The van der Waals surface area contributed by atoms with Crippen LogP contribution in [0.15, 0.2) is 54.0 Å². The van der Waals surface area contributed by atoms with E-state index in [2.05, 4.69) is 15.6 Å². The van der Waals surface area contributed by atoms with Crippen LogP contribution in [-0.4, -0.2) is 27.7 Å². The summed E-state index contributed by atoms with van der Waals surface area (Å²) < 4.78 is 13.7. The Morgan fingerprint density at radius 1 is 1.11 bits per heavy atom. The molecule has 1 saturated carbocycles. The van der Waals surface area contributed by atoms with Crippen molar-refractivity contribution >= 4 is 34.5 Å². The minimum atomic E-state index is 0.295. The Morgan fingerprint density at radius 2 is 2.00 bits per heavy atom. The van der Waals surface area contributed by atoms with E-state index in [9.17, 15) is 0 Å². The van der Waals surface area contributed by atoms with E-state index in [-0.39, 0.29) is 0 Å². The molecule has 6 heteroatoms. The molecule has 2 heterocycles. The van der Waals surface area contributed by atoms with Gasteiger partial charge in [0.2, 0.25) is 0 Å². The number of ether oxygens (including phenoxy) is 2. The smallest absolute Gasteiger partial charge is 0.195 e. The van der Waals surface area contributed by atoms with Gasteiger partial charge in [0.1, 0.15) is 5.82 Å². The predicted octanol–water partition coefficient (Wildman–Crippen LogP) is 5.20. The van der Waals surface area contributed by atoms with Crippen molar-refractivity contribution in [3.63, 3.8) is 0 Å². The number of rotatable bonds is 6. The highest BCUT2D eigenvalue weighted by Crippen LogP contribution is 2.37. The number of hydrogen-bond acceptors (Lipinski definition) is 5. The van der Waals surface area contributed by atoms with E-state index in [0.717, 1.165) is 51.9 Å². The van der Waals surface area contributed by atoms with E-state index in [1.165, 1.54) is 0 Å². The molecule has 2 aromatic heterocycles. The molecule has 28 heavy (non-hydrogen) atoms. The Morgan fingerprint density at radius 3 is 2.79 bits per heavy atom. The van der Waals surface area contributed by atoms with Crippen LogP contribution >= 0.6 is 11.3 Å². The average molecular weight is 389 g/mol. The summed E-state index contributed by atoms with van der Waals surface area (Å²) in [6.45, 7) is 0. The van der Waals surface area contributed by atoms with Crippen LogP contribution in [0.2, 0.25) is 0 Å². The molecule has 0 amide bonds. The predicted molar refractivity (Wildman–Crippen MR) is 112 cm³/mol. The lowest BCUT2D eigenvalue weighted by atomic mass is 10.1. The summed E-state index contributed by atoms with van der Waals surface area (Å²) in [5.74, 6) is 2.37. The van der Waals surface area contributed by atoms with E-state index in [1.807, 2.05) is 60.1 Å². The zero-order valence-electron chi connectivity index (χ0n) is 15.4. The van der Waals surface area contributed by atoms with Crippen LogP contribution in [0.4, 0.5) is 0 Å². The summed E-state index contributed by atoms with van der Waals surface area (Å²) in [6, 6.07) is 14.0. The molecule has 0 saturated heterocycles. The Kier molecular flexibility index (Phi) is 4.33. The summed E-state index contributed by atoms with van der Waals surface area (Å²) >= 11 is 1.59. The fourth-order valence-corrected chi connectivity index (χ4v) is 3.81. The van der Waals surface area contributed by atoms with E-state index in [0.29, 0.717) is 6.10 Å². The van der Waals surface area contributed by atoms with Gasteiger partial charge in [-0.15, -0.1) is 11.3 Å². The quantitative estimate of drug-likeness (QED) is 0.455. The normalized spacial score (nSPS) is 14.0. The third kappa shape index (κ3) is 3.16. The molecule has 0 radical (unpaired) electrons. The minimum Gasteiger partial charge on any atom is -0.493 e. The molecule has 1 aliphatic rings. The van der Waals surface area contributed by atoms with Crippen LogP contribution in [0, 0.1) is 0 Å². The second-order valence-corrected chi connectivity index (χ2v) is 7.51. The van der Waals surface area contributed by atoms with Gasteiger partial charge in [0.15, 0.2) is 16.6 Å². The lowest BCUT2D eigenvalue weighted by Crippen LogP contribution is -2.00. The summed E-state index contributed by atoms with van der Waals surface area (Å²) in [5, 5.41) is 2.87. The maximum absolute atomic E-state index is 6.11. The van der Waals surface area contributed by atoms with Gasteiger partial charge in [-0.25, -0.2) is 9.97 Å². The number of fused-ring (bicyclic) bond motifs is 1. The first-order valence-electron chi connectivity index (χ1n) is 9.22. The van der Waals surface area contributed by atoms with Crippen LogP contribution in [0.5, 0.6) is 11.5 Å². The van der Waals surface area contributed by atoms with Crippen molar-refractivity contribution in [2.45, 2.75) is 18.9 Å². The maximum atomic E-state index is 6.11. The number of benzene rings is 2. The van der Waals surface area contributed by atoms with E-state index < -0.39 is 0 Å². The minimum absolute atomic E-state index is 0.295. The van der Waals surface area contributed by atoms with Crippen LogP contribution in [0.25, 0.3) is 28.3 Å².